The van der Waals surface area contributed by atoms with Gasteiger partial charge >= 0.3 is 6.18 Å². The molecule has 0 radical (unpaired) electrons. The summed E-state index contributed by atoms with van der Waals surface area (Å²) in [6.45, 7) is 0.596. The van der Waals surface area contributed by atoms with E-state index < -0.39 is 17.6 Å². The summed E-state index contributed by atoms with van der Waals surface area (Å²) in [7, 11) is 0. The first-order chi connectivity index (χ1) is 13.4. The van der Waals surface area contributed by atoms with E-state index in [1.54, 1.807) is 18.3 Å². The molecule has 0 aliphatic rings. The number of hydrogen-bond acceptors (Lipinski definition) is 2. The summed E-state index contributed by atoms with van der Waals surface area (Å²) in [5, 5.41) is 0. The monoisotopic (exact) mass is 384 g/mol. The molecule has 28 heavy (non-hydrogen) atoms. The summed E-state index contributed by atoms with van der Waals surface area (Å²) in [6, 6.07) is 19.5. The number of alkyl halides is 3. The van der Waals surface area contributed by atoms with Crippen molar-refractivity contribution < 1.29 is 18.0 Å². The molecule has 6 heteroatoms. The van der Waals surface area contributed by atoms with Crippen LogP contribution in [0.25, 0.3) is 0 Å². The third kappa shape index (κ3) is 5.19. The van der Waals surface area contributed by atoms with E-state index in [2.05, 4.69) is 4.98 Å². The van der Waals surface area contributed by atoms with Crippen LogP contribution in [-0.4, -0.2) is 22.3 Å². The SMILES string of the molecule is O=C(c1cccc(C(F)(F)F)c1)N(CCc1ccccc1)Cc1ccccn1. The number of nitrogens with zero attached hydrogens (tertiary/aromatic N) is 2. The molecule has 2 aromatic carbocycles. The number of halogens is 3. The second-order valence-electron chi connectivity index (χ2n) is 6.36. The van der Waals surface area contributed by atoms with Crippen LogP contribution in [-0.2, 0) is 19.1 Å². The van der Waals surface area contributed by atoms with Gasteiger partial charge in [0.15, 0.2) is 0 Å². The van der Waals surface area contributed by atoms with Crippen molar-refractivity contribution in [2.75, 3.05) is 6.54 Å². The normalized spacial score (nSPS) is 11.2. The Bertz CT molecular complexity index is 912. The fourth-order valence-electron chi connectivity index (χ4n) is 2.86. The maximum atomic E-state index is 13.0. The Hall–Kier alpha value is -3.15. The molecule has 0 atom stereocenters. The number of pyridine rings is 1. The van der Waals surface area contributed by atoms with Gasteiger partial charge in [0.1, 0.15) is 0 Å². The van der Waals surface area contributed by atoms with Gasteiger partial charge in [0, 0.05) is 18.3 Å². The van der Waals surface area contributed by atoms with Gasteiger partial charge in [-0.2, -0.15) is 13.2 Å². The van der Waals surface area contributed by atoms with Crippen molar-refractivity contribution in [3.8, 4) is 0 Å². The van der Waals surface area contributed by atoms with Gasteiger partial charge in [-0.15, -0.1) is 0 Å². The molecule has 0 saturated carbocycles. The molecule has 0 spiro atoms. The maximum Gasteiger partial charge on any atom is 0.416 e. The number of carbonyl (C=O) groups is 1. The average Bonchev–Trinajstić information content (AvgIpc) is 2.71. The Morgan fingerprint density at radius 3 is 2.36 bits per heavy atom. The van der Waals surface area contributed by atoms with Gasteiger partial charge in [-0.3, -0.25) is 9.78 Å². The number of rotatable bonds is 6. The summed E-state index contributed by atoms with van der Waals surface area (Å²) in [4.78, 5) is 18.7. The van der Waals surface area contributed by atoms with Crippen molar-refractivity contribution in [3.05, 3.63) is 101 Å². The van der Waals surface area contributed by atoms with Crippen molar-refractivity contribution >= 4 is 5.91 Å². The molecular weight excluding hydrogens is 365 g/mol. The van der Waals surface area contributed by atoms with E-state index in [1.165, 1.54) is 17.0 Å². The summed E-state index contributed by atoms with van der Waals surface area (Å²) in [6.07, 6.45) is -2.27. The molecule has 0 bridgehead atoms. The highest BCUT2D eigenvalue weighted by Gasteiger charge is 2.31. The lowest BCUT2D eigenvalue weighted by atomic mass is 10.1. The minimum absolute atomic E-state index is 0.0128. The summed E-state index contributed by atoms with van der Waals surface area (Å²) in [5.41, 5.74) is 0.902. The summed E-state index contributed by atoms with van der Waals surface area (Å²) in [5.74, 6) is -0.451. The van der Waals surface area contributed by atoms with Crippen LogP contribution in [0.5, 0.6) is 0 Å². The third-order valence-corrected chi connectivity index (χ3v) is 4.32. The van der Waals surface area contributed by atoms with Crippen LogP contribution in [0.2, 0.25) is 0 Å². The minimum atomic E-state index is -4.49. The number of aromatic nitrogens is 1. The fraction of sp³-hybridized carbons (Fsp3) is 0.182. The Kier molecular flexibility index (Phi) is 6.09. The maximum absolute atomic E-state index is 13.0. The van der Waals surface area contributed by atoms with Gasteiger partial charge in [0.25, 0.3) is 5.91 Å². The minimum Gasteiger partial charge on any atom is -0.332 e. The van der Waals surface area contributed by atoms with Crippen molar-refractivity contribution in [1.29, 1.82) is 0 Å². The van der Waals surface area contributed by atoms with Gasteiger partial charge in [0.05, 0.1) is 17.8 Å². The zero-order valence-corrected chi connectivity index (χ0v) is 15.1. The third-order valence-electron chi connectivity index (χ3n) is 4.32. The predicted octanol–water partition coefficient (Wildman–Crippen LogP) is 4.99. The topological polar surface area (TPSA) is 33.2 Å². The molecule has 3 aromatic rings. The van der Waals surface area contributed by atoms with E-state index in [9.17, 15) is 18.0 Å². The molecule has 0 fully saturated rings. The van der Waals surface area contributed by atoms with Crippen LogP contribution in [0.1, 0.15) is 27.2 Å². The van der Waals surface area contributed by atoms with Crippen molar-refractivity contribution in [3.63, 3.8) is 0 Å². The summed E-state index contributed by atoms with van der Waals surface area (Å²) >= 11 is 0. The highest BCUT2D eigenvalue weighted by atomic mass is 19.4. The molecule has 0 N–H and O–H groups in total. The fourth-order valence-corrected chi connectivity index (χ4v) is 2.86. The van der Waals surface area contributed by atoms with Gasteiger partial charge < -0.3 is 4.90 Å². The van der Waals surface area contributed by atoms with Crippen LogP contribution in [0.15, 0.2) is 79.0 Å². The zero-order chi connectivity index (χ0) is 20.0. The smallest absolute Gasteiger partial charge is 0.332 e. The highest BCUT2D eigenvalue weighted by molar-refractivity contribution is 5.94. The second kappa shape index (κ2) is 8.69. The zero-order valence-electron chi connectivity index (χ0n) is 15.1. The van der Waals surface area contributed by atoms with E-state index in [0.717, 1.165) is 17.7 Å². The Morgan fingerprint density at radius 1 is 0.929 bits per heavy atom. The standard InChI is InChI=1S/C22H19F3N2O/c23-22(24,25)19-10-6-9-18(15-19)21(28)27(16-20-11-4-5-13-26-20)14-12-17-7-2-1-3-8-17/h1-11,13,15H,12,14,16H2. The molecule has 0 aliphatic carbocycles. The van der Waals surface area contributed by atoms with Gasteiger partial charge in [-0.05, 0) is 42.3 Å². The lowest BCUT2D eigenvalue weighted by Gasteiger charge is -2.23. The van der Waals surface area contributed by atoms with Crippen molar-refractivity contribution in [2.24, 2.45) is 0 Å². The van der Waals surface area contributed by atoms with Gasteiger partial charge in [-0.25, -0.2) is 0 Å². The molecule has 3 nitrogen and oxygen atoms in total. The first-order valence-corrected chi connectivity index (χ1v) is 8.84. The molecule has 1 aromatic heterocycles. The van der Waals surface area contributed by atoms with E-state index in [0.29, 0.717) is 18.7 Å². The largest absolute Gasteiger partial charge is 0.416 e. The highest BCUT2D eigenvalue weighted by Crippen LogP contribution is 2.29. The quantitative estimate of drug-likeness (QED) is 0.600. The van der Waals surface area contributed by atoms with E-state index in [-0.39, 0.29) is 12.1 Å². The molecule has 1 amide bonds. The van der Waals surface area contributed by atoms with Gasteiger partial charge in [-0.1, -0.05) is 42.5 Å². The average molecular weight is 384 g/mol. The van der Waals surface area contributed by atoms with E-state index in [1.807, 2.05) is 36.4 Å². The molecular formula is C22H19F3N2O. The lowest BCUT2D eigenvalue weighted by molar-refractivity contribution is -0.137. The first kappa shape index (κ1) is 19.6. The van der Waals surface area contributed by atoms with Crippen LogP contribution in [0.3, 0.4) is 0 Å². The van der Waals surface area contributed by atoms with E-state index in [4.69, 9.17) is 0 Å². The Labute approximate surface area is 161 Å². The number of hydrogen-bond donors (Lipinski definition) is 0. The summed E-state index contributed by atoms with van der Waals surface area (Å²) < 4.78 is 39.0. The molecule has 0 unspecified atom stereocenters. The lowest BCUT2D eigenvalue weighted by Crippen LogP contribution is -2.33. The molecule has 0 saturated heterocycles. The van der Waals surface area contributed by atoms with Crippen molar-refractivity contribution in [1.82, 2.24) is 9.88 Å². The Balaban J connectivity index is 1.83. The number of benzene rings is 2. The Morgan fingerprint density at radius 2 is 1.68 bits per heavy atom. The van der Waals surface area contributed by atoms with E-state index >= 15 is 0 Å². The van der Waals surface area contributed by atoms with Gasteiger partial charge in [0.2, 0.25) is 0 Å². The van der Waals surface area contributed by atoms with Crippen LogP contribution >= 0.6 is 0 Å². The predicted molar refractivity (Wildman–Crippen MR) is 101 cm³/mol. The van der Waals surface area contributed by atoms with Crippen LogP contribution < -0.4 is 0 Å². The molecule has 1 heterocycles. The number of amides is 1. The van der Waals surface area contributed by atoms with Crippen LogP contribution in [0, 0.1) is 0 Å². The molecule has 0 aliphatic heterocycles. The first-order valence-electron chi connectivity index (χ1n) is 8.84. The molecule has 144 valence electrons. The second-order valence-corrected chi connectivity index (χ2v) is 6.36. The van der Waals surface area contributed by atoms with Crippen LogP contribution in [0.4, 0.5) is 13.2 Å². The molecule has 3 rings (SSSR count). The van der Waals surface area contributed by atoms with Crippen molar-refractivity contribution in [2.45, 2.75) is 19.1 Å². The number of carbonyl (C=O) groups excluding carboxylic acids is 1.